The van der Waals surface area contributed by atoms with Crippen molar-refractivity contribution in [2.45, 2.75) is 0 Å². The van der Waals surface area contributed by atoms with Gasteiger partial charge in [-0.3, -0.25) is 0 Å². The highest BCUT2D eigenvalue weighted by molar-refractivity contribution is 5.93. The fourth-order valence-corrected chi connectivity index (χ4v) is 1.81. The molecule has 1 N–H and O–H groups in total. The summed E-state index contributed by atoms with van der Waals surface area (Å²) in [4.78, 5) is 11.8. The van der Waals surface area contributed by atoms with E-state index in [1.165, 1.54) is 12.7 Å². The molecular formula is C13H9N3O. The molecule has 82 valence electrons. The summed E-state index contributed by atoms with van der Waals surface area (Å²) in [7, 11) is 0. The fourth-order valence-electron chi connectivity index (χ4n) is 1.81. The van der Waals surface area contributed by atoms with Gasteiger partial charge in [-0.1, -0.05) is 30.3 Å². The van der Waals surface area contributed by atoms with Crippen LogP contribution in [0.3, 0.4) is 0 Å². The van der Waals surface area contributed by atoms with Gasteiger partial charge in [0.2, 0.25) is 0 Å². The van der Waals surface area contributed by atoms with Gasteiger partial charge in [0.15, 0.2) is 5.82 Å². The van der Waals surface area contributed by atoms with Gasteiger partial charge >= 0.3 is 0 Å². The van der Waals surface area contributed by atoms with E-state index in [-0.39, 0.29) is 5.75 Å². The Labute approximate surface area is 97.6 Å². The van der Waals surface area contributed by atoms with Crippen molar-refractivity contribution < 1.29 is 5.11 Å². The molecule has 0 radical (unpaired) electrons. The first-order valence-electron chi connectivity index (χ1n) is 5.19. The molecule has 0 atom stereocenters. The van der Waals surface area contributed by atoms with Gasteiger partial charge in [0, 0.05) is 5.39 Å². The molecule has 1 heterocycles. The number of hydrogen-bond donors (Lipinski definition) is 1. The largest absolute Gasteiger partial charge is 0.507 e. The number of hydrogen-bond acceptors (Lipinski definition) is 4. The lowest BCUT2D eigenvalue weighted by Gasteiger charge is -2.06. The molecule has 0 saturated heterocycles. The molecule has 0 amide bonds. The summed E-state index contributed by atoms with van der Waals surface area (Å²) in [5, 5.41) is 12.0. The summed E-state index contributed by atoms with van der Waals surface area (Å²) in [5.74, 6) is 0.678. The predicted octanol–water partition coefficient (Wildman–Crippen LogP) is 2.40. The van der Waals surface area contributed by atoms with Crippen molar-refractivity contribution in [1.82, 2.24) is 15.0 Å². The van der Waals surface area contributed by atoms with Crippen LogP contribution in [0.1, 0.15) is 0 Å². The van der Waals surface area contributed by atoms with Crippen molar-refractivity contribution in [2.75, 3.05) is 0 Å². The third-order valence-electron chi connectivity index (χ3n) is 2.63. The summed E-state index contributed by atoms with van der Waals surface area (Å²) in [6, 6.07) is 11.4. The van der Waals surface area contributed by atoms with Crippen LogP contribution in [-0.4, -0.2) is 20.1 Å². The second-order valence-electron chi connectivity index (χ2n) is 3.64. The van der Waals surface area contributed by atoms with Gasteiger partial charge in [-0.15, -0.1) is 0 Å². The van der Waals surface area contributed by atoms with Crippen LogP contribution in [0.25, 0.3) is 22.2 Å². The number of benzene rings is 2. The van der Waals surface area contributed by atoms with Crippen LogP contribution in [0.15, 0.2) is 49.1 Å². The Bertz CT molecular complexity index is 668. The Kier molecular flexibility index (Phi) is 2.19. The van der Waals surface area contributed by atoms with Gasteiger partial charge in [0.1, 0.15) is 18.4 Å². The number of phenolic OH excluding ortho intramolecular Hbond substituents is 1. The lowest BCUT2D eigenvalue weighted by molar-refractivity contribution is 0.483. The molecule has 0 fully saturated rings. The summed E-state index contributed by atoms with van der Waals surface area (Å²) in [6.07, 6.45) is 2.83. The molecule has 3 rings (SSSR count). The Morgan fingerprint density at radius 2 is 1.65 bits per heavy atom. The molecule has 2 aromatic carbocycles. The minimum Gasteiger partial charge on any atom is -0.507 e. The van der Waals surface area contributed by atoms with Crippen LogP contribution in [0.4, 0.5) is 0 Å². The third kappa shape index (κ3) is 1.59. The van der Waals surface area contributed by atoms with Crippen LogP contribution in [-0.2, 0) is 0 Å². The Balaban J connectivity index is 2.29. The maximum atomic E-state index is 10.2. The van der Waals surface area contributed by atoms with E-state index in [9.17, 15) is 5.11 Å². The minimum atomic E-state index is 0.203. The zero-order valence-electron chi connectivity index (χ0n) is 8.91. The monoisotopic (exact) mass is 223 g/mol. The molecule has 3 aromatic rings. The number of aromatic nitrogens is 3. The van der Waals surface area contributed by atoms with E-state index in [0.29, 0.717) is 11.4 Å². The first kappa shape index (κ1) is 9.72. The summed E-state index contributed by atoms with van der Waals surface area (Å²) in [5.41, 5.74) is 0.617. The van der Waals surface area contributed by atoms with Crippen LogP contribution in [0.2, 0.25) is 0 Å². The van der Waals surface area contributed by atoms with Crippen molar-refractivity contribution in [2.24, 2.45) is 0 Å². The highest BCUT2D eigenvalue weighted by Crippen LogP contribution is 2.33. The topological polar surface area (TPSA) is 58.9 Å². The lowest BCUT2D eigenvalue weighted by Crippen LogP contribution is -1.89. The van der Waals surface area contributed by atoms with E-state index in [0.717, 1.165) is 10.8 Å². The van der Waals surface area contributed by atoms with Crippen LogP contribution in [0.5, 0.6) is 5.75 Å². The van der Waals surface area contributed by atoms with E-state index >= 15 is 0 Å². The number of aromatic hydroxyl groups is 1. The van der Waals surface area contributed by atoms with Gasteiger partial charge in [0.25, 0.3) is 0 Å². The van der Waals surface area contributed by atoms with E-state index in [1.54, 1.807) is 0 Å². The summed E-state index contributed by atoms with van der Waals surface area (Å²) in [6.45, 7) is 0. The number of nitrogens with zero attached hydrogens (tertiary/aromatic N) is 3. The number of rotatable bonds is 1. The first-order valence-corrected chi connectivity index (χ1v) is 5.19. The molecule has 4 nitrogen and oxygen atoms in total. The summed E-state index contributed by atoms with van der Waals surface area (Å²) >= 11 is 0. The van der Waals surface area contributed by atoms with Crippen molar-refractivity contribution in [3.05, 3.63) is 49.1 Å². The summed E-state index contributed by atoms with van der Waals surface area (Å²) < 4.78 is 0. The molecule has 0 spiro atoms. The van der Waals surface area contributed by atoms with Gasteiger partial charge in [0.05, 0.1) is 5.56 Å². The quantitative estimate of drug-likeness (QED) is 0.688. The number of phenols is 1. The maximum Gasteiger partial charge on any atom is 0.166 e. The molecule has 0 aliphatic carbocycles. The first-order chi connectivity index (χ1) is 8.36. The zero-order valence-corrected chi connectivity index (χ0v) is 8.91. The molecule has 0 bridgehead atoms. The minimum absolute atomic E-state index is 0.203. The van der Waals surface area contributed by atoms with E-state index in [2.05, 4.69) is 15.0 Å². The van der Waals surface area contributed by atoms with E-state index < -0.39 is 0 Å². The fraction of sp³-hybridized carbons (Fsp3) is 0. The van der Waals surface area contributed by atoms with Crippen LogP contribution < -0.4 is 0 Å². The van der Waals surface area contributed by atoms with Crippen LogP contribution >= 0.6 is 0 Å². The van der Waals surface area contributed by atoms with Gasteiger partial charge in [-0.25, -0.2) is 15.0 Å². The molecule has 1 aromatic heterocycles. The Hall–Kier alpha value is -2.49. The molecule has 0 unspecified atom stereocenters. The smallest absolute Gasteiger partial charge is 0.166 e. The normalized spacial score (nSPS) is 10.6. The molecular weight excluding hydrogens is 214 g/mol. The molecule has 0 saturated carbocycles. The zero-order chi connectivity index (χ0) is 11.7. The average Bonchev–Trinajstić information content (AvgIpc) is 2.40. The lowest BCUT2D eigenvalue weighted by atomic mass is 10.1. The third-order valence-corrected chi connectivity index (χ3v) is 2.63. The second kappa shape index (κ2) is 3.83. The predicted molar refractivity (Wildman–Crippen MR) is 64.4 cm³/mol. The van der Waals surface area contributed by atoms with E-state index in [1.807, 2.05) is 36.4 Å². The maximum absolute atomic E-state index is 10.2. The van der Waals surface area contributed by atoms with Crippen molar-refractivity contribution >= 4 is 10.8 Å². The van der Waals surface area contributed by atoms with Gasteiger partial charge in [-0.05, 0) is 11.5 Å². The van der Waals surface area contributed by atoms with Gasteiger partial charge < -0.3 is 5.11 Å². The van der Waals surface area contributed by atoms with Crippen molar-refractivity contribution in [3.63, 3.8) is 0 Å². The Morgan fingerprint density at radius 3 is 2.47 bits per heavy atom. The highest BCUT2D eigenvalue weighted by atomic mass is 16.3. The highest BCUT2D eigenvalue weighted by Gasteiger charge is 2.09. The molecule has 17 heavy (non-hydrogen) atoms. The molecule has 0 aliphatic rings. The van der Waals surface area contributed by atoms with Crippen molar-refractivity contribution in [3.8, 4) is 17.1 Å². The number of fused-ring (bicyclic) bond motifs is 1. The van der Waals surface area contributed by atoms with Crippen molar-refractivity contribution in [1.29, 1.82) is 0 Å². The van der Waals surface area contributed by atoms with Gasteiger partial charge in [-0.2, -0.15) is 0 Å². The molecule has 4 heteroatoms. The Morgan fingerprint density at radius 1 is 0.882 bits per heavy atom. The van der Waals surface area contributed by atoms with Crippen LogP contribution in [0, 0.1) is 0 Å². The average molecular weight is 223 g/mol. The molecule has 0 aliphatic heterocycles. The standard InChI is InChI=1S/C13H9N3O/c17-12-10-4-2-1-3-9(10)5-6-11(12)13-15-7-14-8-16-13/h1-8,17H. The van der Waals surface area contributed by atoms with E-state index in [4.69, 9.17) is 0 Å². The SMILES string of the molecule is Oc1c(-c2ncncn2)ccc2ccccc12. The second-order valence-corrected chi connectivity index (χ2v) is 3.64.